The average molecular weight is 168 g/mol. The van der Waals surface area contributed by atoms with E-state index < -0.39 is 0 Å². The first kappa shape index (κ1) is 6.89. The second-order valence-corrected chi connectivity index (χ2v) is 4.04. The van der Waals surface area contributed by atoms with Crippen molar-refractivity contribution in [3.8, 4) is 0 Å². The summed E-state index contributed by atoms with van der Waals surface area (Å²) < 4.78 is 10.9. The van der Waals surface area contributed by atoms with Crippen LogP contribution in [-0.2, 0) is 14.3 Å². The molecule has 3 aliphatic rings. The lowest BCUT2D eigenvalue weighted by Gasteiger charge is -2.18. The van der Waals surface area contributed by atoms with Gasteiger partial charge in [0.2, 0.25) is 0 Å². The number of hydrogen-bond donors (Lipinski definition) is 0. The lowest BCUT2D eigenvalue weighted by molar-refractivity contribution is -0.146. The molecule has 3 rings (SSSR count). The minimum atomic E-state index is -0.0281. The smallest absolute Gasteiger partial charge is 0.312 e. The van der Waals surface area contributed by atoms with Crippen LogP contribution in [0.2, 0.25) is 0 Å². The van der Waals surface area contributed by atoms with Crippen LogP contribution in [0.25, 0.3) is 0 Å². The first-order chi connectivity index (χ1) is 5.77. The highest BCUT2D eigenvalue weighted by atomic mass is 16.6. The van der Waals surface area contributed by atoms with Crippen molar-refractivity contribution < 1.29 is 14.3 Å². The second kappa shape index (κ2) is 2.02. The Hall–Kier alpha value is -0.570. The monoisotopic (exact) mass is 168 g/mol. The molecule has 0 aromatic heterocycles. The molecule has 0 N–H and O–H groups in total. The third kappa shape index (κ3) is 0.637. The van der Waals surface area contributed by atoms with Crippen LogP contribution in [0.4, 0.5) is 0 Å². The van der Waals surface area contributed by atoms with E-state index in [4.69, 9.17) is 9.47 Å². The fourth-order valence-corrected chi connectivity index (χ4v) is 2.96. The van der Waals surface area contributed by atoms with E-state index in [1.807, 2.05) is 6.92 Å². The average Bonchev–Trinajstić information content (AvgIpc) is 2.64. The van der Waals surface area contributed by atoms with Crippen LogP contribution < -0.4 is 0 Å². The summed E-state index contributed by atoms with van der Waals surface area (Å²) in [5.41, 5.74) is 0. The van der Waals surface area contributed by atoms with Crippen LogP contribution in [0.15, 0.2) is 0 Å². The van der Waals surface area contributed by atoms with Gasteiger partial charge in [0.05, 0.1) is 18.1 Å². The molecule has 0 radical (unpaired) electrons. The number of hydrogen-bond acceptors (Lipinski definition) is 3. The van der Waals surface area contributed by atoms with Crippen LogP contribution in [0.1, 0.15) is 19.8 Å². The van der Waals surface area contributed by atoms with Gasteiger partial charge in [0.15, 0.2) is 0 Å². The molecular formula is C9H12O3. The van der Waals surface area contributed by atoms with Crippen molar-refractivity contribution in [2.45, 2.75) is 38.1 Å². The summed E-state index contributed by atoms with van der Waals surface area (Å²) in [7, 11) is 0. The van der Waals surface area contributed by atoms with Crippen molar-refractivity contribution in [2.24, 2.45) is 11.8 Å². The lowest BCUT2D eigenvalue weighted by atomic mass is 9.79. The van der Waals surface area contributed by atoms with Crippen molar-refractivity contribution in [1.82, 2.24) is 0 Å². The Morgan fingerprint density at radius 3 is 2.83 bits per heavy atom. The minimum absolute atomic E-state index is 0.0281. The van der Waals surface area contributed by atoms with Gasteiger partial charge >= 0.3 is 5.97 Å². The van der Waals surface area contributed by atoms with E-state index >= 15 is 0 Å². The van der Waals surface area contributed by atoms with E-state index in [1.165, 1.54) is 0 Å². The minimum Gasteiger partial charge on any atom is -0.462 e. The van der Waals surface area contributed by atoms with Crippen LogP contribution in [0, 0.1) is 11.8 Å². The zero-order chi connectivity index (χ0) is 8.29. The van der Waals surface area contributed by atoms with Crippen molar-refractivity contribution in [3.05, 3.63) is 0 Å². The van der Waals surface area contributed by atoms with Crippen molar-refractivity contribution in [3.63, 3.8) is 0 Å². The predicted octanol–water partition coefficient (Wildman–Crippen LogP) is 0.725. The first-order valence-corrected chi connectivity index (χ1v) is 4.63. The highest BCUT2D eigenvalue weighted by Gasteiger charge is 2.59. The van der Waals surface area contributed by atoms with E-state index in [0.717, 1.165) is 12.8 Å². The molecule has 5 unspecified atom stereocenters. The fourth-order valence-electron chi connectivity index (χ4n) is 2.96. The Morgan fingerprint density at radius 2 is 2.08 bits per heavy atom. The van der Waals surface area contributed by atoms with Gasteiger partial charge in [-0.2, -0.15) is 0 Å². The van der Waals surface area contributed by atoms with Crippen LogP contribution >= 0.6 is 0 Å². The molecular weight excluding hydrogens is 156 g/mol. The summed E-state index contributed by atoms with van der Waals surface area (Å²) in [6, 6.07) is 0. The highest BCUT2D eigenvalue weighted by Crippen LogP contribution is 2.49. The van der Waals surface area contributed by atoms with Gasteiger partial charge in [-0.1, -0.05) is 0 Å². The molecule has 0 amide bonds. The number of cyclic esters (lactones) is 1. The molecule has 5 atom stereocenters. The summed E-state index contributed by atoms with van der Waals surface area (Å²) >= 11 is 0. The number of carbonyl (C=O) groups excluding carboxylic acids is 1. The van der Waals surface area contributed by atoms with Gasteiger partial charge < -0.3 is 9.47 Å². The quantitative estimate of drug-likeness (QED) is 0.500. The number of rotatable bonds is 0. The molecule has 3 nitrogen and oxygen atoms in total. The lowest BCUT2D eigenvalue weighted by Crippen LogP contribution is -2.29. The van der Waals surface area contributed by atoms with Crippen molar-refractivity contribution in [2.75, 3.05) is 0 Å². The SMILES string of the molecule is CC1OC(=O)C2C3CCC(O3)C12. The maximum Gasteiger partial charge on any atom is 0.312 e. The van der Waals surface area contributed by atoms with Gasteiger partial charge in [-0.3, -0.25) is 4.79 Å². The van der Waals surface area contributed by atoms with Gasteiger partial charge in [-0.25, -0.2) is 0 Å². The van der Waals surface area contributed by atoms with Gasteiger partial charge in [-0.15, -0.1) is 0 Å². The Labute approximate surface area is 71.0 Å². The molecule has 0 aliphatic carbocycles. The summed E-state index contributed by atoms with van der Waals surface area (Å²) in [4.78, 5) is 11.4. The first-order valence-electron chi connectivity index (χ1n) is 4.63. The van der Waals surface area contributed by atoms with Crippen LogP contribution in [0.3, 0.4) is 0 Å². The molecule has 3 saturated heterocycles. The van der Waals surface area contributed by atoms with Crippen LogP contribution in [0.5, 0.6) is 0 Å². The predicted molar refractivity (Wildman–Crippen MR) is 40.4 cm³/mol. The number of esters is 1. The summed E-state index contributed by atoms with van der Waals surface area (Å²) in [5, 5.41) is 0. The van der Waals surface area contributed by atoms with Gasteiger partial charge in [0.25, 0.3) is 0 Å². The number of ether oxygens (including phenoxy) is 2. The normalized spacial score (nSPS) is 55.8. The topological polar surface area (TPSA) is 35.5 Å². The second-order valence-electron chi connectivity index (χ2n) is 4.04. The third-order valence-electron chi connectivity index (χ3n) is 3.45. The standard InChI is InChI=1S/C9H12O3/c1-4-7-5-2-3-6(12-5)8(7)9(10)11-4/h4-8H,2-3H2,1H3. The largest absolute Gasteiger partial charge is 0.462 e. The van der Waals surface area contributed by atoms with E-state index in [-0.39, 0.29) is 24.1 Å². The number of fused-ring (bicyclic) bond motifs is 5. The molecule has 0 aromatic rings. The Kier molecular flexibility index (Phi) is 1.16. The Balaban J connectivity index is 1.97. The zero-order valence-corrected chi connectivity index (χ0v) is 7.03. The molecule has 3 heteroatoms. The molecule has 2 bridgehead atoms. The molecule has 3 heterocycles. The van der Waals surface area contributed by atoms with Gasteiger partial charge in [-0.05, 0) is 19.8 Å². The Morgan fingerprint density at radius 1 is 1.33 bits per heavy atom. The Bertz CT molecular complexity index is 238. The van der Waals surface area contributed by atoms with Gasteiger partial charge in [0.1, 0.15) is 6.10 Å². The summed E-state index contributed by atoms with van der Waals surface area (Å²) in [5.74, 6) is 0.398. The highest BCUT2D eigenvalue weighted by molar-refractivity contribution is 5.76. The fraction of sp³-hybridized carbons (Fsp3) is 0.889. The molecule has 66 valence electrons. The molecule has 3 aliphatic heterocycles. The van der Waals surface area contributed by atoms with E-state index in [9.17, 15) is 4.79 Å². The summed E-state index contributed by atoms with van der Waals surface area (Å²) in [6.07, 6.45) is 2.73. The number of carbonyl (C=O) groups is 1. The van der Waals surface area contributed by atoms with Crippen molar-refractivity contribution in [1.29, 1.82) is 0 Å². The maximum atomic E-state index is 11.4. The van der Waals surface area contributed by atoms with Gasteiger partial charge in [0, 0.05) is 5.92 Å². The molecule has 0 spiro atoms. The van der Waals surface area contributed by atoms with E-state index in [2.05, 4.69) is 0 Å². The molecule has 0 aromatic carbocycles. The maximum absolute atomic E-state index is 11.4. The molecule has 3 fully saturated rings. The van der Waals surface area contributed by atoms with Crippen molar-refractivity contribution >= 4 is 5.97 Å². The van der Waals surface area contributed by atoms with E-state index in [1.54, 1.807) is 0 Å². The molecule has 12 heavy (non-hydrogen) atoms. The summed E-state index contributed by atoms with van der Waals surface area (Å²) in [6.45, 7) is 1.98. The zero-order valence-electron chi connectivity index (χ0n) is 7.03. The molecule has 0 saturated carbocycles. The van der Waals surface area contributed by atoms with Crippen LogP contribution in [-0.4, -0.2) is 24.3 Å². The third-order valence-corrected chi connectivity index (χ3v) is 3.45. The van der Waals surface area contributed by atoms with E-state index in [0.29, 0.717) is 12.0 Å².